The summed E-state index contributed by atoms with van der Waals surface area (Å²) in [5.41, 5.74) is 5.58. The average Bonchev–Trinajstić information content (AvgIpc) is 2.86. The fourth-order valence-corrected chi connectivity index (χ4v) is 3.25. The monoisotopic (exact) mass is 212 g/mol. The van der Waals surface area contributed by atoms with E-state index in [0.717, 1.165) is 19.4 Å². The summed E-state index contributed by atoms with van der Waals surface area (Å²) in [6.07, 6.45) is 4.79. The van der Waals surface area contributed by atoms with Crippen LogP contribution >= 0.6 is 0 Å². The van der Waals surface area contributed by atoms with Crippen LogP contribution in [0, 0.1) is 11.3 Å². The number of aliphatic hydroxyl groups is 1. The Labute approximate surface area is 90.4 Å². The van der Waals surface area contributed by atoms with Crippen LogP contribution in [0.15, 0.2) is 0 Å². The highest BCUT2D eigenvalue weighted by atomic mass is 16.3. The smallest absolute Gasteiger partial charge is 0.236 e. The van der Waals surface area contributed by atoms with Crippen molar-refractivity contribution in [1.82, 2.24) is 4.90 Å². The lowest BCUT2D eigenvalue weighted by Crippen LogP contribution is -2.35. The maximum atomic E-state index is 11.5. The molecule has 2 fully saturated rings. The van der Waals surface area contributed by atoms with Crippen LogP contribution in [0.2, 0.25) is 0 Å². The van der Waals surface area contributed by atoms with E-state index in [-0.39, 0.29) is 30.4 Å². The molecule has 1 aliphatic carbocycles. The van der Waals surface area contributed by atoms with Crippen molar-refractivity contribution >= 4 is 5.91 Å². The quantitative estimate of drug-likeness (QED) is 0.675. The molecule has 1 saturated heterocycles. The van der Waals surface area contributed by atoms with Crippen molar-refractivity contribution in [3.8, 4) is 0 Å². The first kappa shape index (κ1) is 10.9. The molecule has 4 heteroatoms. The van der Waals surface area contributed by atoms with Crippen LogP contribution in [-0.2, 0) is 4.79 Å². The van der Waals surface area contributed by atoms with Crippen LogP contribution in [0.1, 0.15) is 25.7 Å². The predicted octanol–water partition coefficient (Wildman–Crippen LogP) is -0.0438. The molecule has 86 valence electrons. The third-order valence-electron chi connectivity index (χ3n) is 4.16. The number of nitrogens with two attached hydrogens (primary N) is 1. The number of rotatable bonds is 2. The van der Waals surface area contributed by atoms with Gasteiger partial charge in [0.15, 0.2) is 0 Å². The molecule has 2 rings (SSSR count). The molecule has 2 aliphatic rings. The summed E-state index contributed by atoms with van der Waals surface area (Å²) in [7, 11) is 0. The van der Waals surface area contributed by atoms with E-state index in [9.17, 15) is 9.90 Å². The fourth-order valence-electron chi connectivity index (χ4n) is 3.25. The van der Waals surface area contributed by atoms with Crippen molar-refractivity contribution in [2.24, 2.45) is 17.1 Å². The summed E-state index contributed by atoms with van der Waals surface area (Å²) in [4.78, 5) is 13.4. The zero-order valence-electron chi connectivity index (χ0n) is 9.11. The van der Waals surface area contributed by atoms with Crippen LogP contribution in [0.5, 0.6) is 0 Å². The highest BCUT2D eigenvalue weighted by Crippen LogP contribution is 2.48. The third kappa shape index (κ3) is 1.76. The number of carbonyl (C=O) groups is 1. The van der Waals surface area contributed by atoms with E-state index >= 15 is 0 Å². The first-order chi connectivity index (χ1) is 7.22. The van der Waals surface area contributed by atoms with E-state index < -0.39 is 0 Å². The van der Waals surface area contributed by atoms with Crippen LogP contribution in [0.4, 0.5) is 0 Å². The van der Waals surface area contributed by atoms with Gasteiger partial charge in [-0.25, -0.2) is 0 Å². The second kappa shape index (κ2) is 4.10. The van der Waals surface area contributed by atoms with Crippen molar-refractivity contribution in [3.63, 3.8) is 0 Å². The van der Waals surface area contributed by atoms with Gasteiger partial charge in [-0.15, -0.1) is 0 Å². The third-order valence-corrected chi connectivity index (χ3v) is 4.16. The molecule has 1 atom stereocenters. The van der Waals surface area contributed by atoms with Gasteiger partial charge in [0, 0.05) is 25.6 Å². The maximum Gasteiger partial charge on any atom is 0.236 e. The van der Waals surface area contributed by atoms with E-state index in [0.29, 0.717) is 6.54 Å². The largest absolute Gasteiger partial charge is 0.396 e. The molecular weight excluding hydrogens is 192 g/mol. The number of hydrogen-bond donors (Lipinski definition) is 2. The van der Waals surface area contributed by atoms with Gasteiger partial charge in [0.1, 0.15) is 0 Å². The molecule has 0 aromatic rings. The van der Waals surface area contributed by atoms with Crippen molar-refractivity contribution in [1.29, 1.82) is 0 Å². The minimum atomic E-state index is 0.0252. The average molecular weight is 212 g/mol. The Morgan fingerprint density at radius 3 is 2.67 bits per heavy atom. The van der Waals surface area contributed by atoms with Gasteiger partial charge in [0.05, 0.1) is 6.54 Å². The minimum Gasteiger partial charge on any atom is -0.396 e. The van der Waals surface area contributed by atoms with E-state index in [4.69, 9.17) is 5.73 Å². The molecule has 0 aromatic carbocycles. The van der Waals surface area contributed by atoms with Crippen molar-refractivity contribution < 1.29 is 9.90 Å². The van der Waals surface area contributed by atoms with Crippen molar-refractivity contribution in [3.05, 3.63) is 0 Å². The number of hydrogen-bond acceptors (Lipinski definition) is 3. The second-order valence-electron chi connectivity index (χ2n) is 4.93. The lowest BCUT2D eigenvalue weighted by atomic mass is 9.77. The van der Waals surface area contributed by atoms with Gasteiger partial charge >= 0.3 is 0 Å². The Balaban J connectivity index is 2.09. The number of likely N-dealkylation sites (tertiary alicyclic amines) is 1. The molecule has 1 spiro atoms. The van der Waals surface area contributed by atoms with Crippen LogP contribution in [-0.4, -0.2) is 42.2 Å². The maximum absolute atomic E-state index is 11.5. The topological polar surface area (TPSA) is 66.6 Å². The van der Waals surface area contributed by atoms with Crippen molar-refractivity contribution in [2.45, 2.75) is 25.7 Å². The Bertz CT molecular complexity index is 249. The van der Waals surface area contributed by atoms with Gasteiger partial charge in [-0.3, -0.25) is 4.79 Å². The van der Waals surface area contributed by atoms with Gasteiger partial charge in [0.2, 0.25) is 5.91 Å². The van der Waals surface area contributed by atoms with Crippen LogP contribution in [0.25, 0.3) is 0 Å². The number of amides is 1. The fraction of sp³-hybridized carbons (Fsp3) is 0.909. The molecule has 3 N–H and O–H groups in total. The lowest BCUT2D eigenvalue weighted by molar-refractivity contribution is -0.129. The Morgan fingerprint density at radius 2 is 2.13 bits per heavy atom. The Kier molecular flexibility index (Phi) is 2.98. The van der Waals surface area contributed by atoms with Crippen LogP contribution < -0.4 is 5.73 Å². The summed E-state index contributed by atoms with van der Waals surface area (Å²) < 4.78 is 0. The molecule has 15 heavy (non-hydrogen) atoms. The second-order valence-corrected chi connectivity index (χ2v) is 4.93. The number of nitrogens with zero attached hydrogens (tertiary/aromatic N) is 1. The zero-order valence-corrected chi connectivity index (χ0v) is 9.11. The van der Waals surface area contributed by atoms with Gasteiger partial charge in [-0.2, -0.15) is 0 Å². The number of carbonyl (C=O) groups excluding carboxylic acids is 1. The molecule has 0 aromatic heterocycles. The molecule has 1 aliphatic heterocycles. The van der Waals surface area contributed by atoms with Gasteiger partial charge in [-0.05, 0) is 18.3 Å². The molecule has 1 unspecified atom stereocenters. The normalized spacial score (nSPS) is 28.9. The SMILES string of the molecule is NCC(=O)N1CC(CO)C2(CCCC2)C1. The minimum absolute atomic E-state index is 0.0252. The van der Waals surface area contributed by atoms with Gasteiger partial charge in [0.25, 0.3) is 0 Å². The standard InChI is InChI=1S/C11H20N2O2/c12-5-10(15)13-6-9(7-14)11(8-13)3-1-2-4-11/h9,14H,1-8,12H2. The van der Waals surface area contributed by atoms with Crippen LogP contribution in [0.3, 0.4) is 0 Å². The Morgan fingerprint density at radius 1 is 1.47 bits per heavy atom. The van der Waals surface area contributed by atoms with Gasteiger partial charge in [-0.1, -0.05) is 12.8 Å². The first-order valence-electron chi connectivity index (χ1n) is 5.80. The molecule has 4 nitrogen and oxygen atoms in total. The number of aliphatic hydroxyl groups excluding tert-OH is 1. The predicted molar refractivity (Wildman–Crippen MR) is 57.1 cm³/mol. The highest BCUT2D eigenvalue weighted by molar-refractivity contribution is 5.78. The molecule has 1 saturated carbocycles. The van der Waals surface area contributed by atoms with Gasteiger partial charge < -0.3 is 15.7 Å². The molecule has 0 radical (unpaired) electrons. The van der Waals surface area contributed by atoms with Crippen molar-refractivity contribution in [2.75, 3.05) is 26.2 Å². The summed E-state index contributed by atoms with van der Waals surface area (Å²) in [5, 5.41) is 9.39. The molecule has 1 heterocycles. The summed E-state index contributed by atoms with van der Waals surface area (Å²) in [6, 6.07) is 0. The molecule has 1 amide bonds. The van der Waals surface area contributed by atoms with E-state index in [1.54, 1.807) is 0 Å². The van der Waals surface area contributed by atoms with E-state index in [2.05, 4.69) is 0 Å². The lowest BCUT2D eigenvalue weighted by Gasteiger charge is -2.28. The molecule has 0 bridgehead atoms. The molecular formula is C11H20N2O2. The summed E-state index contributed by atoms with van der Waals surface area (Å²) in [6.45, 7) is 1.81. The zero-order chi connectivity index (χ0) is 10.9. The summed E-state index contributed by atoms with van der Waals surface area (Å²) >= 11 is 0. The van der Waals surface area contributed by atoms with E-state index in [1.807, 2.05) is 4.90 Å². The van der Waals surface area contributed by atoms with E-state index in [1.165, 1.54) is 12.8 Å². The highest BCUT2D eigenvalue weighted by Gasteiger charge is 2.48. The summed E-state index contributed by atoms with van der Waals surface area (Å²) in [5.74, 6) is 0.299. The Hall–Kier alpha value is -0.610. The first-order valence-corrected chi connectivity index (χ1v) is 5.80.